The second kappa shape index (κ2) is 15.5. The van der Waals surface area contributed by atoms with Gasteiger partial charge < -0.3 is 20.5 Å². The Morgan fingerprint density at radius 2 is 0.936 bits per heavy atom. The van der Waals surface area contributed by atoms with Crippen LogP contribution in [0.2, 0.25) is 0 Å². The number of aryl methyl sites for hydroxylation is 2. The van der Waals surface area contributed by atoms with Gasteiger partial charge >= 0.3 is 24.0 Å². The van der Waals surface area contributed by atoms with Gasteiger partial charge in [-0.25, -0.2) is 45.5 Å². The van der Waals surface area contributed by atoms with Crippen molar-refractivity contribution in [2.75, 3.05) is 17.7 Å². The first-order valence-corrected chi connectivity index (χ1v) is 16.4. The molecule has 0 unspecified atom stereocenters. The summed E-state index contributed by atoms with van der Waals surface area (Å²) in [7, 11) is -6.84. The van der Waals surface area contributed by atoms with Gasteiger partial charge in [-0.2, -0.15) is 0 Å². The Kier molecular flexibility index (Phi) is 11.8. The SMILES string of the molecule is COC(=O)c1ccccc1NC(=O)NS(=O)(=O)c1ccc(C)cc1.Cc1ccc(S(=O)(=O)NC(=O)Nc2ccccc2C(=O)O)cc1. The predicted octanol–water partition coefficient (Wildman–Crippen LogP) is 4.50. The number of anilines is 2. The van der Waals surface area contributed by atoms with Crippen molar-refractivity contribution in [2.45, 2.75) is 23.6 Å². The summed E-state index contributed by atoms with van der Waals surface area (Å²) < 4.78 is 56.8. The van der Waals surface area contributed by atoms with Crippen molar-refractivity contribution >= 4 is 55.4 Å². The topological polar surface area (TPSA) is 214 Å². The van der Waals surface area contributed by atoms with Crippen LogP contribution in [0.4, 0.5) is 21.0 Å². The van der Waals surface area contributed by atoms with Crippen LogP contribution < -0.4 is 20.1 Å². The van der Waals surface area contributed by atoms with Crippen LogP contribution in [0, 0.1) is 13.8 Å². The number of carboxylic acid groups (broad SMARTS) is 1. The minimum Gasteiger partial charge on any atom is -0.478 e. The monoisotopic (exact) mass is 682 g/mol. The highest BCUT2D eigenvalue weighted by Crippen LogP contribution is 2.17. The molecule has 0 saturated heterocycles. The number of rotatable bonds is 8. The molecule has 0 aromatic heterocycles. The number of benzene rings is 4. The fourth-order valence-electron chi connectivity index (χ4n) is 3.75. The molecule has 0 fully saturated rings. The normalized spacial score (nSPS) is 10.8. The zero-order valence-corrected chi connectivity index (χ0v) is 26.8. The first-order valence-electron chi connectivity index (χ1n) is 13.4. The lowest BCUT2D eigenvalue weighted by Gasteiger charge is -2.11. The van der Waals surface area contributed by atoms with Crippen molar-refractivity contribution in [2.24, 2.45) is 0 Å². The van der Waals surface area contributed by atoms with Crippen LogP contribution >= 0.6 is 0 Å². The van der Waals surface area contributed by atoms with E-state index in [2.05, 4.69) is 15.4 Å². The van der Waals surface area contributed by atoms with Gasteiger partial charge in [0.05, 0.1) is 39.4 Å². The lowest BCUT2D eigenvalue weighted by Crippen LogP contribution is -2.34. The molecule has 4 aromatic rings. The summed E-state index contributed by atoms with van der Waals surface area (Å²) in [6.07, 6.45) is 0. The minimum absolute atomic E-state index is 0.00314. The van der Waals surface area contributed by atoms with Crippen LogP contribution in [0.1, 0.15) is 31.8 Å². The molecule has 5 N–H and O–H groups in total. The van der Waals surface area contributed by atoms with E-state index < -0.39 is 44.0 Å². The number of hydrogen-bond donors (Lipinski definition) is 5. The zero-order chi connectivity index (χ0) is 34.8. The van der Waals surface area contributed by atoms with Gasteiger partial charge in [-0.15, -0.1) is 0 Å². The number of esters is 1. The summed E-state index contributed by atoms with van der Waals surface area (Å²) in [4.78, 5) is 46.4. The highest BCUT2D eigenvalue weighted by Gasteiger charge is 2.20. The van der Waals surface area contributed by atoms with Gasteiger partial charge in [0.25, 0.3) is 20.0 Å². The van der Waals surface area contributed by atoms with Crippen molar-refractivity contribution in [3.05, 3.63) is 119 Å². The lowest BCUT2D eigenvalue weighted by molar-refractivity contribution is 0.0601. The maximum Gasteiger partial charge on any atom is 0.339 e. The smallest absolute Gasteiger partial charge is 0.339 e. The number of amides is 4. The number of nitrogens with one attached hydrogen (secondary N) is 4. The number of para-hydroxylation sites is 2. The number of carbonyl (C=O) groups is 4. The first-order chi connectivity index (χ1) is 22.1. The van der Waals surface area contributed by atoms with Crippen LogP contribution in [0.3, 0.4) is 0 Å². The molecule has 0 heterocycles. The van der Waals surface area contributed by atoms with E-state index in [1.165, 1.54) is 67.8 Å². The second-order valence-electron chi connectivity index (χ2n) is 9.63. The fourth-order valence-corrected chi connectivity index (χ4v) is 5.57. The molecule has 246 valence electrons. The van der Waals surface area contributed by atoms with Crippen LogP contribution in [0.5, 0.6) is 0 Å². The summed E-state index contributed by atoms with van der Waals surface area (Å²) in [6, 6.07) is 21.8. The molecule has 4 aromatic carbocycles. The highest BCUT2D eigenvalue weighted by atomic mass is 32.2. The van der Waals surface area contributed by atoms with Crippen LogP contribution in [-0.4, -0.2) is 53.1 Å². The largest absolute Gasteiger partial charge is 0.478 e. The minimum atomic E-state index is -4.04. The predicted molar refractivity (Wildman–Crippen MR) is 172 cm³/mol. The van der Waals surface area contributed by atoms with Crippen molar-refractivity contribution in [1.29, 1.82) is 0 Å². The molecular weight excluding hydrogens is 652 g/mol. The highest BCUT2D eigenvalue weighted by molar-refractivity contribution is 7.90. The summed E-state index contributed by atoms with van der Waals surface area (Å²) in [5.41, 5.74) is 1.88. The number of ether oxygens (including phenoxy) is 1. The number of hydrogen-bond acceptors (Lipinski definition) is 9. The molecule has 0 aliphatic heterocycles. The number of aromatic carboxylic acids is 1. The van der Waals surface area contributed by atoms with E-state index in [1.807, 2.05) is 16.4 Å². The van der Waals surface area contributed by atoms with Gasteiger partial charge in [-0.05, 0) is 62.4 Å². The van der Waals surface area contributed by atoms with Crippen molar-refractivity contribution < 1.29 is 45.9 Å². The third kappa shape index (κ3) is 10.1. The summed E-state index contributed by atoms with van der Waals surface area (Å²) >= 11 is 0. The van der Waals surface area contributed by atoms with Crippen molar-refractivity contribution in [3.8, 4) is 0 Å². The molecule has 16 heteroatoms. The number of carboxylic acids is 1. The van der Waals surface area contributed by atoms with Crippen LogP contribution in [0.25, 0.3) is 0 Å². The molecule has 0 bridgehead atoms. The van der Waals surface area contributed by atoms with Gasteiger partial charge in [0.15, 0.2) is 0 Å². The first kappa shape index (κ1) is 35.7. The number of sulfonamides is 2. The Hall–Kier alpha value is -5.74. The average molecular weight is 683 g/mol. The molecule has 4 amide bonds. The zero-order valence-electron chi connectivity index (χ0n) is 25.2. The molecule has 0 atom stereocenters. The van der Waals surface area contributed by atoms with Gasteiger partial charge in [-0.1, -0.05) is 59.7 Å². The van der Waals surface area contributed by atoms with E-state index in [9.17, 15) is 36.0 Å². The van der Waals surface area contributed by atoms with E-state index in [0.717, 1.165) is 11.1 Å². The molecule has 0 radical (unpaired) electrons. The number of methoxy groups -OCH3 is 1. The van der Waals surface area contributed by atoms with Crippen LogP contribution in [-0.2, 0) is 24.8 Å². The fraction of sp³-hybridized carbons (Fsp3) is 0.0968. The van der Waals surface area contributed by atoms with Crippen molar-refractivity contribution in [3.63, 3.8) is 0 Å². The number of urea groups is 2. The van der Waals surface area contributed by atoms with E-state index in [1.54, 1.807) is 43.3 Å². The molecule has 4 rings (SSSR count). The Morgan fingerprint density at radius 3 is 1.32 bits per heavy atom. The van der Waals surface area contributed by atoms with Crippen LogP contribution in [0.15, 0.2) is 107 Å². The molecule has 14 nitrogen and oxygen atoms in total. The third-order valence-corrected chi connectivity index (χ3v) is 8.80. The van der Waals surface area contributed by atoms with E-state index in [-0.39, 0.29) is 32.3 Å². The molecular formula is C31H30N4O10S2. The van der Waals surface area contributed by atoms with E-state index in [4.69, 9.17) is 5.11 Å². The lowest BCUT2D eigenvalue weighted by atomic mass is 10.2. The van der Waals surface area contributed by atoms with E-state index in [0.29, 0.717) is 0 Å². The van der Waals surface area contributed by atoms with Gasteiger partial charge in [-0.3, -0.25) is 0 Å². The summed E-state index contributed by atoms with van der Waals surface area (Å²) in [6.45, 7) is 3.62. The average Bonchev–Trinajstić information content (AvgIpc) is 3.01. The molecule has 0 saturated carbocycles. The second-order valence-corrected chi connectivity index (χ2v) is 13.0. The van der Waals surface area contributed by atoms with Gasteiger partial charge in [0, 0.05) is 0 Å². The van der Waals surface area contributed by atoms with Crippen molar-refractivity contribution in [1.82, 2.24) is 9.44 Å². The number of carbonyl (C=O) groups excluding carboxylic acids is 3. The van der Waals surface area contributed by atoms with E-state index >= 15 is 0 Å². The standard InChI is InChI=1S/C16H16N2O5S.C15H14N2O5S/c1-11-7-9-12(10-8-11)24(21,22)18-16(20)17-14-6-4-3-5-13(14)15(19)23-2;1-10-6-8-11(9-7-10)23(21,22)17-15(20)16-13-5-3-2-4-12(13)14(18)19/h3-10H,1-2H3,(H2,17,18,20);2-9H,1H3,(H,18,19)(H2,16,17,20). The Morgan fingerprint density at radius 1 is 0.574 bits per heavy atom. The van der Waals surface area contributed by atoms with Gasteiger partial charge in [0.1, 0.15) is 0 Å². The quantitative estimate of drug-likeness (QED) is 0.164. The molecule has 47 heavy (non-hydrogen) atoms. The maximum atomic E-state index is 12.2. The Labute approximate surface area is 270 Å². The molecule has 0 aliphatic rings. The summed E-state index contributed by atoms with van der Waals surface area (Å²) in [5, 5.41) is 13.6. The third-order valence-electron chi connectivity index (χ3n) is 6.10. The Balaban J connectivity index is 0.000000256. The van der Waals surface area contributed by atoms with Gasteiger partial charge in [0.2, 0.25) is 0 Å². The maximum absolute atomic E-state index is 12.2. The summed E-state index contributed by atoms with van der Waals surface area (Å²) in [5.74, 6) is -1.88. The molecule has 0 spiro atoms. The Bertz CT molecular complexity index is 2000. The molecule has 0 aliphatic carbocycles.